The number of hydrogen-bond acceptors (Lipinski definition) is 6. The summed E-state index contributed by atoms with van der Waals surface area (Å²) in [5, 5.41) is 12.1. The van der Waals surface area contributed by atoms with E-state index in [2.05, 4.69) is 12.2 Å². The van der Waals surface area contributed by atoms with Crippen molar-refractivity contribution in [2.45, 2.75) is 32.6 Å². The smallest absolute Gasteiger partial charge is 0.337 e. The predicted octanol–water partition coefficient (Wildman–Crippen LogP) is 2.32. The number of anilines is 1. The molecule has 7 nitrogen and oxygen atoms in total. The van der Waals surface area contributed by atoms with Gasteiger partial charge >= 0.3 is 5.97 Å². The number of nitrogens with one attached hydrogen (secondary N) is 1. The maximum atomic E-state index is 12.5. The average molecular weight is 376 g/mol. The molecule has 7 heteroatoms. The van der Waals surface area contributed by atoms with E-state index in [0.29, 0.717) is 12.3 Å². The van der Waals surface area contributed by atoms with Crippen LogP contribution in [0.3, 0.4) is 0 Å². The van der Waals surface area contributed by atoms with Crippen LogP contribution in [0.25, 0.3) is 0 Å². The number of ether oxygens (including phenoxy) is 2. The number of methoxy groups -OCH3 is 1. The van der Waals surface area contributed by atoms with Crippen LogP contribution in [-0.2, 0) is 14.3 Å². The first-order chi connectivity index (χ1) is 13.1. The number of carbonyl (C=O) groups excluding carboxylic acids is 2. The van der Waals surface area contributed by atoms with E-state index in [1.807, 2.05) is 12.1 Å². The van der Waals surface area contributed by atoms with Crippen molar-refractivity contribution in [1.82, 2.24) is 4.90 Å². The van der Waals surface area contributed by atoms with E-state index in [0.717, 1.165) is 18.6 Å². The highest BCUT2D eigenvalue weighted by atomic mass is 16.5. The number of β-amino-alcohol motifs (C(OH)–C–C–N with tert-alkyl or cyclic N) is 1. The highest BCUT2D eigenvalue weighted by Crippen LogP contribution is 2.24. The molecule has 0 saturated carbocycles. The van der Waals surface area contributed by atoms with Crippen LogP contribution in [0.4, 0.5) is 5.69 Å². The average Bonchev–Trinajstić information content (AvgIpc) is 2.98. The van der Waals surface area contributed by atoms with Crippen LogP contribution in [0.1, 0.15) is 32.6 Å². The molecule has 1 amide bonds. The van der Waals surface area contributed by atoms with Crippen LogP contribution >= 0.6 is 0 Å². The normalized spacial score (nSPS) is 13.9. The lowest BCUT2D eigenvalue weighted by Gasteiger charge is -2.15. The fourth-order valence-electron chi connectivity index (χ4n) is 2.85. The molecule has 0 unspecified atom stereocenters. The maximum Gasteiger partial charge on any atom is 0.337 e. The fraction of sp³-hybridized carbons (Fsp3) is 0.500. The van der Waals surface area contributed by atoms with E-state index in [1.165, 1.54) is 24.9 Å². The molecule has 1 aromatic rings. The van der Waals surface area contributed by atoms with E-state index < -0.39 is 5.97 Å². The van der Waals surface area contributed by atoms with E-state index in [1.54, 1.807) is 12.1 Å². The Labute approximate surface area is 159 Å². The molecule has 0 aromatic heterocycles. The molecule has 148 valence electrons. The van der Waals surface area contributed by atoms with Gasteiger partial charge in [0, 0.05) is 12.2 Å². The van der Waals surface area contributed by atoms with Gasteiger partial charge in [0.25, 0.3) is 5.91 Å². The SMILES string of the molecule is CCCCCCOc1ccc(NC2=C(C(=O)OC)CN(CCO)C2=O)cc1. The minimum absolute atomic E-state index is 0.118. The third kappa shape index (κ3) is 5.72. The number of aliphatic hydroxyl groups excluding tert-OH is 1. The molecule has 27 heavy (non-hydrogen) atoms. The molecule has 0 spiro atoms. The number of nitrogens with zero attached hydrogens (tertiary/aromatic N) is 1. The first kappa shape index (κ1) is 20.8. The molecule has 0 fully saturated rings. The molecule has 1 aromatic carbocycles. The molecule has 1 heterocycles. The first-order valence-corrected chi connectivity index (χ1v) is 9.32. The van der Waals surface area contributed by atoms with Gasteiger partial charge in [-0.25, -0.2) is 4.79 Å². The number of unbranched alkanes of at least 4 members (excludes halogenated alkanes) is 3. The Bertz CT molecular complexity index is 669. The van der Waals surface area contributed by atoms with Crippen LogP contribution in [0.15, 0.2) is 35.5 Å². The Kier molecular flexibility index (Phi) is 8.13. The summed E-state index contributed by atoms with van der Waals surface area (Å²) in [7, 11) is 1.28. The predicted molar refractivity (Wildman–Crippen MR) is 102 cm³/mol. The number of rotatable bonds is 11. The zero-order valence-corrected chi connectivity index (χ0v) is 16.0. The summed E-state index contributed by atoms with van der Waals surface area (Å²) in [5.41, 5.74) is 1.11. The summed E-state index contributed by atoms with van der Waals surface area (Å²) in [6.07, 6.45) is 4.59. The lowest BCUT2D eigenvalue weighted by atomic mass is 10.2. The number of aliphatic hydroxyl groups is 1. The first-order valence-electron chi connectivity index (χ1n) is 9.32. The van der Waals surface area contributed by atoms with Crippen LogP contribution < -0.4 is 10.1 Å². The van der Waals surface area contributed by atoms with Crippen molar-refractivity contribution in [2.75, 3.05) is 38.7 Å². The lowest BCUT2D eigenvalue weighted by Crippen LogP contribution is -2.31. The second-order valence-electron chi connectivity index (χ2n) is 6.35. The van der Waals surface area contributed by atoms with Gasteiger partial charge in [0.2, 0.25) is 0 Å². The van der Waals surface area contributed by atoms with E-state index in [9.17, 15) is 9.59 Å². The highest BCUT2D eigenvalue weighted by molar-refractivity contribution is 6.08. The van der Waals surface area contributed by atoms with Crippen molar-refractivity contribution in [3.05, 3.63) is 35.5 Å². The minimum Gasteiger partial charge on any atom is -0.494 e. The maximum absolute atomic E-state index is 12.5. The molecule has 2 rings (SSSR count). The number of hydrogen-bond donors (Lipinski definition) is 2. The summed E-state index contributed by atoms with van der Waals surface area (Å²) >= 11 is 0. The molecule has 0 atom stereocenters. The van der Waals surface area contributed by atoms with E-state index in [-0.39, 0.29) is 36.9 Å². The molecule has 0 saturated heterocycles. The topological polar surface area (TPSA) is 88.1 Å². The van der Waals surface area contributed by atoms with Crippen LogP contribution in [-0.4, -0.2) is 55.3 Å². The van der Waals surface area contributed by atoms with Gasteiger partial charge in [0.1, 0.15) is 11.4 Å². The Morgan fingerprint density at radius 2 is 1.96 bits per heavy atom. The summed E-state index contributed by atoms with van der Waals surface area (Å²) in [4.78, 5) is 25.9. The van der Waals surface area contributed by atoms with Crippen molar-refractivity contribution in [1.29, 1.82) is 0 Å². The minimum atomic E-state index is -0.557. The molecule has 1 aliphatic heterocycles. The van der Waals surface area contributed by atoms with Gasteiger partial charge in [-0.3, -0.25) is 4.79 Å². The highest BCUT2D eigenvalue weighted by Gasteiger charge is 2.34. The molecule has 2 N–H and O–H groups in total. The molecule has 0 bridgehead atoms. The number of amides is 1. The number of carbonyl (C=O) groups is 2. The lowest BCUT2D eigenvalue weighted by molar-refractivity contribution is -0.136. The van der Waals surface area contributed by atoms with E-state index in [4.69, 9.17) is 14.6 Å². The van der Waals surface area contributed by atoms with Gasteiger partial charge in [-0.1, -0.05) is 26.2 Å². The van der Waals surface area contributed by atoms with Crippen molar-refractivity contribution in [3.63, 3.8) is 0 Å². The van der Waals surface area contributed by atoms with Gasteiger partial charge in [0.05, 0.1) is 32.4 Å². The standard InChI is InChI=1S/C20H28N2O5/c1-3-4-5-6-13-27-16-9-7-15(8-10-16)21-18-17(20(25)26-2)14-22(11-12-23)19(18)24/h7-10,21,23H,3-6,11-14H2,1-2H3. The summed E-state index contributed by atoms with van der Waals surface area (Å²) < 4.78 is 10.5. The third-order valence-electron chi connectivity index (χ3n) is 4.34. The monoisotopic (exact) mass is 376 g/mol. The molecule has 0 aliphatic carbocycles. The largest absolute Gasteiger partial charge is 0.494 e. The van der Waals surface area contributed by atoms with Gasteiger partial charge in [-0.2, -0.15) is 0 Å². The number of esters is 1. The van der Waals surface area contributed by atoms with Crippen LogP contribution in [0.2, 0.25) is 0 Å². The van der Waals surface area contributed by atoms with Gasteiger partial charge in [-0.05, 0) is 30.7 Å². The Morgan fingerprint density at radius 3 is 2.59 bits per heavy atom. The van der Waals surface area contributed by atoms with Gasteiger partial charge in [0.15, 0.2) is 0 Å². The Balaban J connectivity index is 2.01. The second kappa shape index (κ2) is 10.6. The van der Waals surface area contributed by atoms with Crippen molar-refractivity contribution in [3.8, 4) is 5.75 Å². The quantitative estimate of drug-likeness (QED) is 0.455. The molecule has 0 radical (unpaired) electrons. The van der Waals surface area contributed by atoms with Crippen LogP contribution in [0.5, 0.6) is 5.75 Å². The molecular weight excluding hydrogens is 348 g/mol. The van der Waals surface area contributed by atoms with E-state index >= 15 is 0 Å². The fourth-order valence-corrected chi connectivity index (χ4v) is 2.85. The van der Waals surface area contributed by atoms with Gasteiger partial charge < -0.3 is 24.8 Å². The Hall–Kier alpha value is -2.54. The zero-order chi connectivity index (χ0) is 19.6. The van der Waals surface area contributed by atoms with Gasteiger partial charge in [-0.15, -0.1) is 0 Å². The van der Waals surface area contributed by atoms with Crippen molar-refractivity contribution >= 4 is 17.6 Å². The summed E-state index contributed by atoms with van der Waals surface area (Å²) in [6, 6.07) is 7.24. The summed E-state index contributed by atoms with van der Waals surface area (Å²) in [6.45, 7) is 2.96. The Morgan fingerprint density at radius 1 is 1.22 bits per heavy atom. The van der Waals surface area contributed by atoms with Crippen LogP contribution in [0, 0.1) is 0 Å². The zero-order valence-electron chi connectivity index (χ0n) is 16.0. The molecular formula is C20H28N2O5. The van der Waals surface area contributed by atoms with Crippen molar-refractivity contribution < 1.29 is 24.2 Å². The number of benzene rings is 1. The molecule has 1 aliphatic rings. The van der Waals surface area contributed by atoms with Crippen molar-refractivity contribution in [2.24, 2.45) is 0 Å². The third-order valence-corrected chi connectivity index (χ3v) is 4.34. The second-order valence-corrected chi connectivity index (χ2v) is 6.35. The summed E-state index contributed by atoms with van der Waals surface area (Å²) in [5.74, 6) is -0.127.